The molecular formula is C11H22N2O2. The van der Waals surface area contributed by atoms with Crippen LogP contribution < -0.4 is 11.1 Å². The molecule has 0 radical (unpaired) electrons. The number of carboxylic acids is 1. The maximum absolute atomic E-state index is 10.7. The van der Waals surface area contributed by atoms with Crippen LogP contribution in [0.2, 0.25) is 0 Å². The summed E-state index contributed by atoms with van der Waals surface area (Å²) >= 11 is 0. The van der Waals surface area contributed by atoms with Crippen molar-refractivity contribution in [3.63, 3.8) is 0 Å². The second-order valence-electron chi connectivity index (χ2n) is 4.40. The molecule has 0 saturated heterocycles. The highest BCUT2D eigenvalue weighted by Gasteiger charge is 2.25. The van der Waals surface area contributed by atoms with Crippen LogP contribution in [0.5, 0.6) is 0 Å². The largest absolute Gasteiger partial charge is 0.481 e. The standard InChI is InChI=1S/C11H22N2O2/c12-6-1-7-13-8-9-2-4-10(5-3-9)11(14)15/h9-10,13H,1-8,12H2,(H,14,15). The average molecular weight is 214 g/mol. The fraction of sp³-hybridized carbons (Fsp3) is 0.909. The second kappa shape index (κ2) is 6.80. The number of aliphatic carboxylic acids is 1. The van der Waals surface area contributed by atoms with Gasteiger partial charge in [0.05, 0.1) is 5.92 Å². The first-order valence-electron chi connectivity index (χ1n) is 5.87. The van der Waals surface area contributed by atoms with E-state index in [4.69, 9.17) is 10.8 Å². The fourth-order valence-corrected chi connectivity index (χ4v) is 2.15. The summed E-state index contributed by atoms with van der Waals surface area (Å²) in [6.07, 6.45) is 4.81. The monoisotopic (exact) mass is 214 g/mol. The van der Waals surface area contributed by atoms with Gasteiger partial charge < -0.3 is 16.2 Å². The van der Waals surface area contributed by atoms with Gasteiger partial charge in [0, 0.05) is 0 Å². The van der Waals surface area contributed by atoms with E-state index < -0.39 is 5.97 Å². The van der Waals surface area contributed by atoms with Crippen LogP contribution >= 0.6 is 0 Å². The normalized spacial score (nSPS) is 26.5. The number of hydrogen-bond donors (Lipinski definition) is 3. The van der Waals surface area contributed by atoms with Crippen molar-refractivity contribution >= 4 is 5.97 Å². The summed E-state index contributed by atoms with van der Waals surface area (Å²) in [4.78, 5) is 10.7. The molecule has 0 aliphatic heterocycles. The molecule has 4 N–H and O–H groups in total. The molecular weight excluding hydrogens is 192 g/mol. The maximum atomic E-state index is 10.7. The molecule has 0 bridgehead atoms. The molecule has 0 spiro atoms. The summed E-state index contributed by atoms with van der Waals surface area (Å²) in [5.74, 6) is -0.0480. The predicted molar refractivity (Wildman–Crippen MR) is 59.6 cm³/mol. The van der Waals surface area contributed by atoms with E-state index in [9.17, 15) is 4.79 Å². The van der Waals surface area contributed by atoms with Crippen LogP contribution in [0.1, 0.15) is 32.1 Å². The van der Waals surface area contributed by atoms with E-state index in [2.05, 4.69) is 5.32 Å². The third kappa shape index (κ3) is 4.62. The Morgan fingerprint density at radius 2 is 2.00 bits per heavy atom. The van der Waals surface area contributed by atoms with E-state index in [1.54, 1.807) is 0 Å². The second-order valence-corrected chi connectivity index (χ2v) is 4.40. The van der Waals surface area contributed by atoms with Crippen LogP contribution in [0.25, 0.3) is 0 Å². The highest BCUT2D eigenvalue weighted by atomic mass is 16.4. The molecule has 1 rings (SSSR count). The molecule has 88 valence electrons. The fourth-order valence-electron chi connectivity index (χ4n) is 2.15. The zero-order valence-corrected chi connectivity index (χ0v) is 9.24. The van der Waals surface area contributed by atoms with Crippen LogP contribution in [-0.2, 0) is 4.79 Å². The minimum Gasteiger partial charge on any atom is -0.481 e. The van der Waals surface area contributed by atoms with Gasteiger partial charge in [-0.2, -0.15) is 0 Å². The summed E-state index contributed by atoms with van der Waals surface area (Å²) < 4.78 is 0. The first-order valence-corrected chi connectivity index (χ1v) is 5.87. The van der Waals surface area contributed by atoms with Crippen LogP contribution in [0, 0.1) is 11.8 Å². The lowest BCUT2D eigenvalue weighted by Crippen LogP contribution is -2.29. The third-order valence-electron chi connectivity index (χ3n) is 3.19. The number of carboxylic acid groups (broad SMARTS) is 1. The Morgan fingerprint density at radius 3 is 2.53 bits per heavy atom. The Bertz CT molecular complexity index is 189. The van der Waals surface area contributed by atoms with E-state index >= 15 is 0 Å². The summed E-state index contributed by atoms with van der Waals surface area (Å²) in [6.45, 7) is 2.74. The first kappa shape index (κ1) is 12.5. The zero-order valence-electron chi connectivity index (χ0n) is 9.24. The van der Waals surface area contributed by atoms with E-state index in [-0.39, 0.29) is 5.92 Å². The van der Waals surface area contributed by atoms with Crippen molar-refractivity contribution < 1.29 is 9.90 Å². The maximum Gasteiger partial charge on any atom is 0.306 e. The molecule has 0 unspecified atom stereocenters. The lowest BCUT2D eigenvalue weighted by molar-refractivity contribution is -0.143. The summed E-state index contributed by atoms with van der Waals surface area (Å²) in [5, 5.41) is 12.2. The first-order chi connectivity index (χ1) is 7.24. The highest BCUT2D eigenvalue weighted by Crippen LogP contribution is 2.28. The van der Waals surface area contributed by atoms with E-state index in [1.165, 1.54) is 0 Å². The lowest BCUT2D eigenvalue weighted by atomic mass is 9.82. The molecule has 0 aromatic carbocycles. The third-order valence-corrected chi connectivity index (χ3v) is 3.19. The van der Waals surface area contributed by atoms with E-state index in [0.29, 0.717) is 5.92 Å². The molecule has 0 atom stereocenters. The van der Waals surface area contributed by atoms with Gasteiger partial charge in [0.2, 0.25) is 0 Å². The Kier molecular flexibility index (Phi) is 5.65. The SMILES string of the molecule is NCCCNCC1CCC(C(=O)O)CC1. The van der Waals surface area contributed by atoms with Gasteiger partial charge in [0.1, 0.15) is 0 Å². The molecule has 0 amide bonds. The predicted octanol–water partition coefficient (Wildman–Crippen LogP) is 0.816. The molecule has 15 heavy (non-hydrogen) atoms. The minimum atomic E-state index is -0.621. The van der Waals surface area contributed by atoms with Crippen molar-refractivity contribution in [2.24, 2.45) is 17.6 Å². The van der Waals surface area contributed by atoms with Gasteiger partial charge in [-0.3, -0.25) is 4.79 Å². The number of hydrogen-bond acceptors (Lipinski definition) is 3. The van der Waals surface area contributed by atoms with Gasteiger partial charge in [0.15, 0.2) is 0 Å². The Labute approximate surface area is 91.2 Å². The van der Waals surface area contributed by atoms with Crippen molar-refractivity contribution in [2.45, 2.75) is 32.1 Å². The van der Waals surface area contributed by atoms with Gasteiger partial charge in [-0.1, -0.05) is 0 Å². The summed E-state index contributed by atoms with van der Waals surface area (Å²) in [6, 6.07) is 0. The Hall–Kier alpha value is -0.610. The molecule has 1 saturated carbocycles. The average Bonchev–Trinajstić information content (AvgIpc) is 2.25. The Morgan fingerprint density at radius 1 is 1.33 bits per heavy atom. The zero-order chi connectivity index (χ0) is 11.1. The van der Waals surface area contributed by atoms with Crippen molar-refractivity contribution in [1.29, 1.82) is 0 Å². The van der Waals surface area contributed by atoms with Crippen LogP contribution in [-0.4, -0.2) is 30.7 Å². The van der Waals surface area contributed by atoms with Crippen molar-refractivity contribution in [3.05, 3.63) is 0 Å². The number of nitrogens with one attached hydrogen (secondary N) is 1. The smallest absolute Gasteiger partial charge is 0.306 e. The number of rotatable bonds is 6. The van der Waals surface area contributed by atoms with Gasteiger partial charge in [-0.05, 0) is 57.7 Å². The summed E-state index contributed by atoms with van der Waals surface area (Å²) in [5.41, 5.74) is 5.39. The molecule has 1 aliphatic carbocycles. The van der Waals surface area contributed by atoms with Crippen molar-refractivity contribution in [2.75, 3.05) is 19.6 Å². The van der Waals surface area contributed by atoms with Crippen LogP contribution in [0.4, 0.5) is 0 Å². The van der Waals surface area contributed by atoms with Crippen molar-refractivity contribution in [1.82, 2.24) is 5.32 Å². The van der Waals surface area contributed by atoms with E-state index in [0.717, 1.165) is 51.7 Å². The molecule has 0 aromatic rings. The lowest BCUT2D eigenvalue weighted by Gasteiger charge is -2.26. The molecule has 4 heteroatoms. The van der Waals surface area contributed by atoms with Crippen LogP contribution in [0.15, 0.2) is 0 Å². The van der Waals surface area contributed by atoms with Crippen molar-refractivity contribution in [3.8, 4) is 0 Å². The van der Waals surface area contributed by atoms with E-state index in [1.807, 2.05) is 0 Å². The molecule has 1 aliphatic rings. The quantitative estimate of drug-likeness (QED) is 0.572. The van der Waals surface area contributed by atoms with Gasteiger partial charge in [-0.15, -0.1) is 0 Å². The minimum absolute atomic E-state index is 0.0923. The molecule has 0 aromatic heterocycles. The van der Waals surface area contributed by atoms with Gasteiger partial charge in [-0.25, -0.2) is 0 Å². The number of nitrogens with two attached hydrogens (primary N) is 1. The Balaban J connectivity index is 2.07. The van der Waals surface area contributed by atoms with Crippen LogP contribution in [0.3, 0.4) is 0 Å². The van der Waals surface area contributed by atoms with Gasteiger partial charge in [0.25, 0.3) is 0 Å². The number of carbonyl (C=O) groups is 1. The molecule has 4 nitrogen and oxygen atoms in total. The summed E-state index contributed by atoms with van der Waals surface area (Å²) in [7, 11) is 0. The molecule has 1 fully saturated rings. The topological polar surface area (TPSA) is 75.3 Å². The highest BCUT2D eigenvalue weighted by molar-refractivity contribution is 5.69. The van der Waals surface area contributed by atoms with Gasteiger partial charge >= 0.3 is 5.97 Å². The molecule has 0 heterocycles.